The van der Waals surface area contributed by atoms with E-state index in [0.717, 1.165) is 10.1 Å². The van der Waals surface area contributed by atoms with E-state index in [1.165, 1.54) is 29.2 Å². The van der Waals surface area contributed by atoms with Crippen molar-refractivity contribution in [3.8, 4) is 0 Å². The standard InChI is InChI=1S/C14H16N4O2S2/c1-10(2)18-8-13(15-9-18)22(19,20)17(3)14-11-6-4-5-7-12(11)21-16-14/h4-10H,1-3H3. The average Bonchev–Trinajstić information content (AvgIpc) is 3.13. The Morgan fingerprint density at radius 2 is 2.00 bits per heavy atom. The Morgan fingerprint density at radius 3 is 2.68 bits per heavy atom. The lowest BCUT2D eigenvalue weighted by Gasteiger charge is -2.15. The minimum atomic E-state index is -3.72. The summed E-state index contributed by atoms with van der Waals surface area (Å²) in [5.74, 6) is 0.430. The molecule has 1 aromatic carbocycles. The van der Waals surface area contributed by atoms with Crippen molar-refractivity contribution in [1.29, 1.82) is 0 Å². The van der Waals surface area contributed by atoms with Gasteiger partial charge in [-0.3, -0.25) is 4.31 Å². The quantitative estimate of drug-likeness (QED) is 0.734. The maximum absolute atomic E-state index is 12.7. The number of benzene rings is 1. The SMILES string of the molecule is CC(C)n1cnc(S(=O)(=O)N(C)c2nsc3ccccc23)c1. The second-order valence-electron chi connectivity index (χ2n) is 5.23. The smallest absolute Gasteiger partial charge is 0.284 e. The van der Waals surface area contributed by atoms with Crippen molar-refractivity contribution in [2.45, 2.75) is 24.9 Å². The van der Waals surface area contributed by atoms with Crippen LogP contribution in [0.5, 0.6) is 0 Å². The fraction of sp³-hybridized carbons (Fsp3) is 0.286. The molecule has 2 aromatic heterocycles. The first kappa shape index (κ1) is 15.0. The number of sulfonamides is 1. The molecule has 3 rings (SSSR count). The molecular formula is C14H16N4O2S2. The Bertz CT molecular complexity index is 912. The van der Waals surface area contributed by atoms with Gasteiger partial charge in [0.05, 0.1) is 11.0 Å². The molecule has 0 amide bonds. The van der Waals surface area contributed by atoms with E-state index < -0.39 is 10.0 Å². The van der Waals surface area contributed by atoms with Gasteiger partial charge in [-0.15, -0.1) is 0 Å². The second kappa shape index (κ2) is 5.36. The van der Waals surface area contributed by atoms with Crippen LogP contribution in [0.3, 0.4) is 0 Å². The fourth-order valence-corrected chi connectivity index (χ4v) is 4.02. The van der Waals surface area contributed by atoms with E-state index in [2.05, 4.69) is 9.36 Å². The first-order chi connectivity index (χ1) is 10.4. The highest BCUT2D eigenvalue weighted by molar-refractivity contribution is 7.92. The monoisotopic (exact) mass is 336 g/mol. The zero-order valence-electron chi connectivity index (χ0n) is 12.5. The molecule has 0 aliphatic heterocycles. The van der Waals surface area contributed by atoms with E-state index >= 15 is 0 Å². The number of anilines is 1. The molecule has 0 aliphatic rings. The summed E-state index contributed by atoms with van der Waals surface area (Å²) in [4.78, 5) is 4.03. The highest BCUT2D eigenvalue weighted by Gasteiger charge is 2.27. The van der Waals surface area contributed by atoms with Gasteiger partial charge in [0.1, 0.15) is 0 Å². The van der Waals surface area contributed by atoms with Crippen molar-refractivity contribution >= 4 is 37.5 Å². The number of hydrogen-bond acceptors (Lipinski definition) is 5. The molecule has 0 bridgehead atoms. The van der Waals surface area contributed by atoms with Crippen molar-refractivity contribution in [1.82, 2.24) is 13.9 Å². The largest absolute Gasteiger partial charge is 0.334 e. The van der Waals surface area contributed by atoms with Gasteiger partial charge in [-0.2, -0.15) is 12.8 Å². The molecule has 2 heterocycles. The van der Waals surface area contributed by atoms with Crippen LogP contribution >= 0.6 is 11.5 Å². The van der Waals surface area contributed by atoms with Crippen molar-refractivity contribution in [2.75, 3.05) is 11.4 Å². The predicted molar refractivity (Wildman–Crippen MR) is 87.8 cm³/mol. The molecule has 0 saturated carbocycles. The van der Waals surface area contributed by atoms with Crippen LogP contribution in [0.1, 0.15) is 19.9 Å². The molecule has 8 heteroatoms. The number of imidazole rings is 1. The van der Waals surface area contributed by atoms with Crippen molar-refractivity contribution in [2.24, 2.45) is 0 Å². The molecule has 3 aromatic rings. The second-order valence-corrected chi connectivity index (χ2v) is 7.95. The molecule has 0 aliphatic carbocycles. The summed E-state index contributed by atoms with van der Waals surface area (Å²) in [5.41, 5.74) is 0. The van der Waals surface area contributed by atoms with Gasteiger partial charge in [-0.05, 0) is 37.5 Å². The van der Waals surface area contributed by atoms with E-state index in [-0.39, 0.29) is 11.1 Å². The molecule has 0 atom stereocenters. The van der Waals surface area contributed by atoms with E-state index in [1.807, 2.05) is 38.1 Å². The van der Waals surface area contributed by atoms with Crippen LogP contribution in [0, 0.1) is 0 Å². The van der Waals surface area contributed by atoms with E-state index in [9.17, 15) is 8.42 Å². The molecule has 0 fully saturated rings. The number of rotatable bonds is 4. The van der Waals surface area contributed by atoms with Crippen LogP contribution in [-0.2, 0) is 10.0 Å². The normalized spacial score (nSPS) is 12.2. The van der Waals surface area contributed by atoms with Gasteiger partial charge in [0.25, 0.3) is 10.0 Å². The van der Waals surface area contributed by atoms with Crippen molar-refractivity contribution in [3.05, 3.63) is 36.8 Å². The number of hydrogen-bond donors (Lipinski definition) is 0. The van der Waals surface area contributed by atoms with E-state index in [0.29, 0.717) is 5.82 Å². The molecule has 116 valence electrons. The van der Waals surface area contributed by atoms with Gasteiger partial charge in [0, 0.05) is 24.7 Å². The molecule has 6 nitrogen and oxygen atoms in total. The zero-order valence-corrected chi connectivity index (χ0v) is 14.1. The molecule has 0 radical (unpaired) electrons. The van der Waals surface area contributed by atoms with E-state index in [1.54, 1.807) is 10.8 Å². The van der Waals surface area contributed by atoms with Crippen molar-refractivity contribution in [3.63, 3.8) is 0 Å². The van der Waals surface area contributed by atoms with Crippen LogP contribution in [0.4, 0.5) is 5.82 Å². The summed E-state index contributed by atoms with van der Waals surface area (Å²) < 4.78 is 33.6. The summed E-state index contributed by atoms with van der Waals surface area (Å²) in [7, 11) is -2.22. The topological polar surface area (TPSA) is 68.1 Å². The Labute approximate surface area is 133 Å². The molecule has 0 unspecified atom stereocenters. The fourth-order valence-electron chi connectivity index (χ4n) is 2.09. The number of aromatic nitrogens is 3. The van der Waals surface area contributed by atoms with Gasteiger partial charge >= 0.3 is 0 Å². The van der Waals surface area contributed by atoms with Gasteiger partial charge in [-0.1, -0.05) is 12.1 Å². The first-order valence-corrected chi connectivity index (χ1v) is 8.99. The maximum Gasteiger partial charge on any atom is 0.284 e. The summed E-state index contributed by atoms with van der Waals surface area (Å²) in [6, 6.07) is 7.72. The average molecular weight is 336 g/mol. The summed E-state index contributed by atoms with van der Waals surface area (Å²) in [6.07, 6.45) is 3.08. The van der Waals surface area contributed by atoms with Crippen LogP contribution in [0.25, 0.3) is 10.1 Å². The van der Waals surface area contributed by atoms with Gasteiger partial charge in [0.2, 0.25) is 0 Å². The van der Waals surface area contributed by atoms with Crippen LogP contribution in [0.15, 0.2) is 41.8 Å². The predicted octanol–water partition coefficient (Wildman–Crippen LogP) is 2.90. The first-order valence-electron chi connectivity index (χ1n) is 6.78. The maximum atomic E-state index is 12.7. The van der Waals surface area contributed by atoms with Gasteiger partial charge in [0.15, 0.2) is 10.8 Å². The lowest BCUT2D eigenvalue weighted by molar-refractivity contribution is 0.587. The lowest BCUT2D eigenvalue weighted by atomic mass is 10.3. The zero-order chi connectivity index (χ0) is 15.9. The number of fused-ring (bicyclic) bond motifs is 1. The summed E-state index contributed by atoms with van der Waals surface area (Å²) >= 11 is 1.28. The highest BCUT2D eigenvalue weighted by atomic mass is 32.2. The summed E-state index contributed by atoms with van der Waals surface area (Å²) in [6.45, 7) is 3.94. The van der Waals surface area contributed by atoms with Crippen LogP contribution < -0.4 is 4.31 Å². The lowest BCUT2D eigenvalue weighted by Crippen LogP contribution is -2.27. The molecule has 0 spiro atoms. The third-order valence-electron chi connectivity index (χ3n) is 3.46. The summed E-state index contributed by atoms with van der Waals surface area (Å²) in [5, 5.41) is 0.850. The highest BCUT2D eigenvalue weighted by Crippen LogP contribution is 2.31. The minimum Gasteiger partial charge on any atom is -0.334 e. The van der Waals surface area contributed by atoms with Gasteiger partial charge < -0.3 is 4.57 Å². The third kappa shape index (κ3) is 2.38. The van der Waals surface area contributed by atoms with Gasteiger partial charge in [-0.25, -0.2) is 4.98 Å². The molecule has 0 saturated heterocycles. The third-order valence-corrected chi connectivity index (χ3v) is 5.91. The number of nitrogens with zero attached hydrogens (tertiary/aromatic N) is 4. The molecule has 0 N–H and O–H groups in total. The van der Waals surface area contributed by atoms with E-state index in [4.69, 9.17) is 0 Å². The van der Waals surface area contributed by atoms with Crippen LogP contribution in [-0.4, -0.2) is 29.4 Å². The Kier molecular flexibility index (Phi) is 3.65. The Balaban J connectivity index is 2.04. The molecular weight excluding hydrogens is 320 g/mol. The Hall–Kier alpha value is -1.93. The Morgan fingerprint density at radius 1 is 1.27 bits per heavy atom. The molecule has 22 heavy (non-hydrogen) atoms. The van der Waals surface area contributed by atoms with Crippen LogP contribution in [0.2, 0.25) is 0 Å². The minimum absolute atomic E-state index is 0.0285. The van der Waals surface area contributed by atoms with Crippen molar-refractivity contribution < 1.29 is 8.42 Å².